The standard InChI is InChI=1S/C11H12N4OS/c1-9(16)17-7-6-15-8-13-11(14-15)10-2-4-12-5-3-10/h2-5,8H,6-7H2,1H3. The number of rotatable bonds is 4. The van der Waals surface area contributed by atoms with Crippen molar-refractivity contribution in [1.82, 2.24) is 19.7 Å². The van der Waals surface area contributed by atoms with Crippen LogP contribution in [0.1, 0.15) is 6.92 Å². The van der Waals surface area contributed by atoms with Crippen molar-refractivity contribution >= 4 is 16.9 Å². The third-order valence-corrected chi connectivity index (χ3v) is 2.89. The van der Waals surface area contributed by atoms with E-state index in [1.165, 1.54) is 11.8 Å². The predicted molar refractivity (Wildman–Crippen MR) is 66.4 cm³/mol. The van der Waals surface area contributed by atoms with Gasteiger partial charge in [0.15, 0.2) is 10.9 Å². The highest BCUT2D eigenvalue weighted by Gasteiger charge is 2.03. The zero-order valence-electron chi connectivity index (χ0n) is 9.41. The number of carbonyl (C=O) groups is 1. The van der Waals surface area contributed by atoms with Crippen LogP contribution < -0.4 is 0 Å². The van der Waals surface area contributed by atoms with E-state index in [1.54, 1.807) is 30.3 Å². The van der Waals surface area contributed by atoms with Gasteiger partial charge in [0, 0.05) is 30.6 Å². The molecule has 2 rings (SSSR count). The molecule has 0 saturated carbocycles. The fourth-order valence-electron chi connectivity index (χ4n) is 1.32. The zero-order valence-corrected chi connectivity index (χ0v) is 10.2. The summed E-state index contributed by atoms with van der Waals surface area (Å²) in [7, 11) is 0. The third-order valence-electron chi connectivity index (χ3n) is 2.10. The van der Waals surface area contributed by atoms with Gasteiger partial charge in [-0.3, -0.25) is 14.5 Å². The number of aryl methyl sites for hydroxylation is 1. The van der Waals surface area contributed by atoms with Crippen molar-refractivity contribution in [3.8, 4) is 11.4 Å². The molecule has 0 amide bonds. The van der Waals surface area contributed by atoms with Crippen LogP contribution in [-0.4, -0.2) is 30.6 Å². The van der Waals surface area contributed by atoms with E-state index in [1.807, 2.05) is 12.1 Å². The molecule has 0 spiro atoms. The molecule has 6 heteroatoms. The molecule has 0 radical (unpaired) electrons. The van der Waals surface area contributed by atoms with Gasteiger partial charge >= 0.3 is 0 Å². The normalized spacial score (nSPS) is 10.4. The Morgan fingerprint density at radius 2 is 2.18 bits per heavy atom. The Labute approximate surface area is 103 Å². The van der Waals surface area contributed by atoms with Gasteiger partial charge in [0.1, 0.15) is 6.33 Å². The average Bonchev–Trinajstić information content (AvgIpc) is 2.78. The van der Waals surface area contributed by atoms with Crippen molar-refractivity contribution in [2.75, 3.05) is 5.75 Å². The Morgan fingerprint density at radius 1 is 1.41 bits per heavy atom. The Hall–Kier alpha value is -1.69. The topological polar surface area (TPSA) is 60.7 Å². The summed E-state index contributed by atoms with van der Waals surface area (Å²) in [5, 5.41) is 4.46. The average molecular weight is 248 g/mol. The van der Waals surface area contributed by atoms with E-state index in [2.05, 4.69) is 15.1 Å². The Balaban J connectivity index is 1.99. The summed E-state index contributed by atoms with van der Waals surface area (Å²) in [6, 6.07) is 3.73. The summed E-state index contributed by atoms with van der Waals surface area (Å²) in [5.41, 5.74) is 0.943. The van der Waals surface area contributed by atoms with Crippen molar-refractivity contribution in [3.63, 3.8) is 0 Å². The Bertz CT molecular complexity index is 497. The fraction of sp³-hybridized carbons (Fsp3) is 0.273. The van der Waals surface area contributed by atoms with Crippen LogP contribution in [0, 0.1) is 0 Å². The second-order valence-electron chi connectivity index (χ2n) is 3.41. The molecule has 88 valence electrons. The van der Waals surface area contributed by atoms with Gasteiger partial charge in [0.2, 0.25) is 0 Å². The first-order chi connectivity index (χ1) is 8.25. The second kappa shape index (κ2) is 5.58. The fourth-order valence-corrected chi connectivity index (χ4v) is 1.88. The molecule has 0 bridgehead atoms. The zero-order chi connectivity index (χ0) is 12.1. The molecular formula is C11H12N4OS. The molecule has 0 aliphatic rings. The molecule has 0 unspecified atom stereocenters. The molecule has 0 atom stereocenters. The minimum absolute atomic E-state index is 0.125. The summed E-state index contributed by atoms with van der Waals surface area (Å²) in [5.74, 6) is 1.40. The van der Waals surface area contributed by atoms with Gasteiger partial charge < -0.3 is 0 Å². The van der Waals surface area contributed by atoms with Gasteiger partial charge in [0.25, 0.3) is 0 Å². The molecule has 17 heavy (non-hydrogen) atoms. The highest BCUT2D eigenvalue weighted by molar-refractivity contribution is 8.13. The molecule has 0 aliphatic carbocycles. The van der Waals surface area contributed by atoms with E-state index in [9.17, 15) is 4.79 Å². The number of carbonyl (C=O) groups excluding carboxylic acids is 1. The van der Waals surface area contributed by atoms with E-state index in [0.29, 0.717) is 18.1 Å². The lowest BCUT2D eigenvalue weighted by Crippen LogP contribution is -2.02. The Morgan fingerprint density at radius 3 is 2.88 bits per heavy atom. The van der Waals surface area contributed by atoms with E-state index >= 15 is 0 Å². The second-order valence-corrected chi connectivity index (χ2v) is 4.68. The van der Waals surface area contributed by atoms with Crippen molar-refractivity contribution in [3.05, 3.63) is 30.9 Å². The lowest BCUT2D eigenvalue weighted by molar-refractivity contribution is -0.109. The highest BCUT2D eigenvalue weighted by Crippen LogP contribution is 2.12. The molecule has 0 saturated heterocycles. The predicted octanol–water partition coefficient (Wildman–Crippen LogP) is 1.62. The molecule has 0 fully saturated rings. The van der Waals surface area contributed by atoms with Crippen molar-refractivity contribution < 1.29 is 4.79 Å². The van der Waals surface area contributed by atoms with Crippen molar-refractivity contribution in [2.45, 2.75) is 13.5 Å². The molecule has 0 aliphatic heterocycles. The first-order valence-electron chi connectivity index (χ1n) is 5.19. The van der Waals surface area contributed by atoms with Gasteiger partial charge in [0.05, 0.1) is 6.54 Å². The smallest absolute Gasteiger partial charge is 0.185 e. The van der Waals surface area contributed by atoms with Gasteiger partial charge in [-0.2, -0.15) is 5.10 Å². The first kappa shape index (κ1) is 11.8. The van der Waals surface area contributed by atoms with Crippen LogP contribution in [0.3, 0.4) is 0 Å². The van der Waals surface area contributed by atoms with Gasteiger partial charge in [-0.05, 0) is 12.1 Å². The largest absolute Gasteiger partial charge is 0.288 e. The van der Waals surface area contributed by atoms with E-state index in [0.717, 1.165) is 5.56 Å². The van der Waals surface area contributed by atoms with Gasteiger partial charge in [-0.1, -0.05) is 11.8 Å². The maximum atomic E-state index is 10.8. The monoisotopic (exact) mass is 248 g/mol. The molecule has 5 nitrogen and oxygen atoms in total. The molecule has 2 aromatic rings. The van der Waals surface area contributed by atoms with Crippen LogP contribution in [0.2, 0.25) is 0 Å². The van der Waals surface area contributed by atoms with Crippen molar-refractivity contribution in [1.29, 1.82) is 0 Å². The lowest BCUT2D eigenvalue weighted by atomic mass is 10.3. The molecule has 0 aromatic carbocycles. The minimum Gasteiger partial charge on any atom is -0.288 e. The van der Waals surface area contributed by atoms with E-state index in [4.69, 9.17) is 0 Å². The minimum atomic E-state index is 0.125. The summed E-state index contributed by atoms with van der Waals surface area (Å²) in [6.07, 6.45) is 5.10. The maximum absolute atomic E-state index is 10.8. The van der Waals surface area contributed by atoms with Crippen LogP contribution in [0.25, 0.3) is 11.4 Å². The first-order valence-corrected chi connectivity index (χ1v) is 6.17. The summed E-state index contributed by atoms with van der Waals surface area (Å²) in [4.78, 5) is 18.9. The van der Waals surface area contributed by atoms with Crippen LogP contribution in [0.4, 0.5) is 0 Å². The number of hydrogen-bond donors (Lipinski definition) is 0. The number of nitrogens with zero attached hydrogens (tertiary/aromatic N) is 4. The SMILES string of the molecule is CC(=O)SCCn1cnc(-c2ccncc2)n1. The van der Waals surface area contributed by atoms with Crippen LogP contribution in [0.5, 0.6) is 0 Å². The van der Waals surface area contributed by atoms with E-state index < -0.39 is 0 Å². The Kier molecular flexibility index (Phi) is 3.87. The number of pyridine rings is 1. The maximum Gasteiger partial charge on any atom is 0.185 e. The van der Waals surface area contributed by atoms with Crippen LogP contribution in [-0.2, 0) is 11.3 Å². The molecule has 2 aromatic heterocycles. The van der Waals surface area contributed by atoms with Gasteiger partial charge in [-0.25, -0.2) is 4.98 Å². The summed E-state index contributed by atoms with van der Waals surface area (Å²) in [6.45, 7) is 2.25. The van der Waals surface area contributed by atoms with Crippen molar-refractivity contribution in [2.24, 2.45) is 0 Å². The number of hydrogen-bond acceptors (Lipinski definition) is 5. The third kappa shape index (κ3) is 3.39. The summed E-state index contributed by atoms with van der Waals surface area (Å²) < 4.78 is 1.74. The van der Waals surface area contributed by atoms with Crippen LogP contribution in [0.15, 0.2) is 30.9 Å². The van der Waals surface area contributed by atoms with Gasteiger partial charge in [-0.15, -0.1) is 0 Å². The molecule has 0 N–H and O–H groups in total. The summed E-state index contributed by atoms with van der Waals surface area (Å²) >= 11 is 1.29. The van der Waals surface area contributed by atoms with E-state index in [-0.39, 0.29) is 5.12 Å². The number of aromatic nitrogens is 4. The molecule has 2 heterocycles. The quantitative estimate of drug-likeness (QED) is 0.822. The number of thioether (sulfide) groups is 1. The van der Waals surface area contributed by atoms with Crippen LogP contribution >= 0.6 is 11.8 Å². The molecular weight excluding hydrogens is 236 g/mol. The highest BCUT2D eigenvalue weighted by atomic mass is 32.2. The lowest BCUT2D eigenvalue weighted by Gasteiger charge is -1.97.